The van der Waals surface area contributed by atoms with E-state index in [-0.39, 0.29) is 0 Å². The standard InChI is InChI=1S/C11H14BrNO2/c1-8-3-4-10(12)7-9(8)5-6-13(2)11(14)15/h3-4,7H,5-6H2,1-2H3,(H,14,15). The second-order valence-corrected chi connectivity index (χ2v) is 4.44. The third-order valence-corrected chi connectivity index (χ3v) is 2.85. The minimum absolute atomic E-state index is 0.520. The summed E-state index contributed by atoms with van der Waals surface area (Å²) in [6.45, 7) is 2.55. The second kappa shape index (κ2) is 5.16. The Labute approximate surface area is 97.8 Å². The molecule has 3 nitrogen and oxygen atoms in total. The molecule has 82 valence electrons. The van der Waals surface area contributed by atoms with Gasteiger partial charge in [0.1, 0.15) is 0 Å². The summed E-state index contributed by atoms with van der Waals surface area (Å²) >= 11 is 3.40. The SMILES string of the molecule is Cc1ccc(Br)cc1CCN(C)C(=O)O. The van der Waals surface area contributed by atoms with Crippen molar-refractivity contribution in [3.8, 4) is 0 Å². The predicted octanol–water partition coefficient (Wildman–Crippen LogP) is 2.91. The zero-order valence-corrected chi connectivity index (χ0v) is 10.4. The van der Waals surface area contributed by atoms with Gasteiger partial charge in [0.15, 0.2) is 0 Å². The van der Waals surface area contributed by atoms with Crippen molar-refractivity contribution < 1.29 is 9.90 Å². The van der Waals surface area contributed by atoms with E-state index in [0.29, 0.717) is 6.54 Å². The maximum Gasteiger partial charge on any atom is 0.407 e. The van der Waals surface area contributed by atoms with Crippen molar-refractivity contribution in [1.82, 2.24) is 4.90 Å². The lowest BCUT2D eigenvalue weighted by Crippen LogP contribution is -2.27. The van der Waals surface area contributed by atoms with Gasteiger partial charge in [0, 0.05) is 18.1 Å². The van der Waals surface area contributed by atoms with Gasteiger partial charge in [-0.2, -0.15) is 0 Å². The van der Waals surface area contributed by atoms with Gasteiger partial charge in [0.05, 0.1) is 0 Å². The van der Waals surface area contributed by atoms with Crippen LogP contribution in [-0.4, -0.2) is 29.7 Å². The summed E-state index contributed by atoms with van der Waals surface area (Å²) in [5, 5.41) is 8.70. The Balaban J connectivity index is 2.65. The highest BCUT2D eigenvalue weighted by Crippen LogP contribution is 2.16. The highest BCUT2D eigenvalue weighted by Gasteiger charge is 2.06. The van der Waals surface area contributed by atoms with E-state index in [4.69, 9.17) is 5.11 Å². The molecule has 1 aromatic carbocycles. The van der Waals surface area contributed by atoms with Crippen molar-refractivity contribution in [2.24, 2.45) is 0 Å². The van der Waals surface area contributed by atoms with Gasteiger partial charge in [0.25, 0.3) is 0 Å². The van der Waals surface area contributed by atoms with Crippen LogP contribution in [0, 0.1) is 6.92 Å². The number of benzene rings is 1. The van der Waals surface area contributed by atoms with Crippen molar-refractivity contribution in [1.29, 1.82) is 0 Å². The Morgan fingerprint density at radius 1 is 1.53 bits per heavy atom. The van der Waals surface area contributed by atoms with Crippen molar-refractivity contribution in [3.05, 3.63) is 33.8 Å². The van der Waals surface area contributed by atoms with Gasteiger partial charge in [-0.3, -0.25) is 0 Å². The minimum Gasteiger partial charge on any atom is -0.465 e. The normalized spacial score (nSPS) is 10.1. The highest BCUT2D eigenvalue weighted by molar-refractivity contribution is 9.10. The number of hydrogen-bond acceptors (Lipinski definition) is 1. The molecule has 1 N–H and O–H groups in total. The van der Waals surface area contributed by atoms with Crippen LogP contribution >= 0.6 is 15.9 Å². The number of hydrogen-bond donors (Lipinski definition) is 1. The fourth-order valence-corrected chi connectivity index (χ4v) is 1.70. The lowest BCUT2D eigenvalue weighted by atomic mass is 10.1. The number of nitrogens with zero attached hydrogens (tertiary/aromatic N) is 1. The molecule has 0 aliphatic rings. The van der Waals surface area contributed by atoms with Crippen molar-refractivity contribution >= 4 is 22.0 Å². The summed E-state index contributed by atoms with van der Waals surface area (Å²) in [5.74, 6) is 0. The number of likely N-dealkylation sites (N-methyl/N-ethyl adjacent to an activating group) is 1. The molecule has 4 heteroatoms. The quantitative estimate of drug-likeness (QED) is 0.919. The van der Waals surface area contributed by atoms with Crippen LogP contribution in [0.3, 0.4) is 0 Å². The van der Waals surface area contributed by atoms with Gasteiger partial charge in [-0.05, 0) is 36.6 Å². The molecule has 0 saturated carbocycles. The molecular weight excluding hydrogens is 258 g/mol. The lowest BCUT2D eigenvalue weighted by molar-refractivity contribution is 0.156. The first kappa shape index (κ1) is 12.0. The van der Waals surface area contributed by atoms with Crippen LogP contribution in [0.2, 0.25) is 0 Å². The molecular formula is C11H14BrNO2. The molecule has 0 aromatic heterocycles. The van der Waals surface area contributed by atoms with E-state index >= 15 is 0 Å². The van der Waals surface area contributed by atoms with Crippen LogP contribution in [0.15, 0.2) is 22.7 Å². The average Bonchev–Trinajstić information content (AvgIpc) is 2.18. The topological polar surface area (TPSA) is 40.5 Å². The molecule has 0 bridgehead atoms. The zero-order chi connectivity index (χ0) is 11.4. The number of carbonyl (C=O) groups is 1. The van der Waals surface area contributed by atoms with E-state index in [1.807, 2.05) is 25.1 Å². The summed E-state index contributed by atoms with van der Waals surface area (Å²) in [7, 11) is 1.58. The van der Waals surface area contributed by atoms with E-state index in [2.05, 4.69) is 15.9 Å². The average molecular weight is 272 g/mol. The number of carboxylic acid groups (broad SMARTS) is 1. The summed E-state index contributed by atoms with van der Waals surface area (Å²) in [6, 6.07) is 6.05. The number of aryl methyl sites for hydroxylation is 1. The smallest absolute Gasteiger partial charge is 0.407 e. The van der Waals surface area contributed by atoms with E-state index in [9.17, 15) is 4.79 Å². The van der Waals surface area contributed by atoms with E-state index in [0.717, 1.165) is 10.9 Å². The molecule has 1 amide bonds. The Kier molecular flexibility index (Phi) is 4.15. The molecule has 0 atom stereocenters. The molecule has 1 rings (SSSR count). The van der Waals surface area contributed by atoms with Crippen molar-refractivity contribution in [2.75, 3.05) is 13.6 Å². The van der Waals surface area contributed by atoms with E-state index in [1.165, 1.54) is 16.0 Å². The Morgan fingerprint density at radius 2 is 2.20 bits per heavy atom. The molecule has 0 aliphatic heterocycles. The molecule has 15 heavy (non-hydrogen) atoms. The largest absolute Gasteiger partial charge is 0.465 e. The van der Waals surface area contributed by atoms with Crippen LogP contribution in [0.4, 0.5) is 4.79 Å². The predicted molar refractivity (Wildman–Crippen MR) is 63.2 cm³/mol. The summed E-state index contributed by atoms with van der Waals surface area (Å²) < 4.78 is 1.03. The van der Waals surface area contributed by atoms with Crippen LogP contribution < -0.4 is 0 Å². The number of rotatable bonds is 3. The highest BCUT2D eigenvalue weighted by atomic mass is 79.9. The second-order valence-electron chi connectivity index (χ2n) is 3.52. The molecule has 0 radical (unpaired) electrons. The molecule has 0 unspecified atom stereocenters. The van der Waals surface area contributed by atoms with Crippen LogP contribution in [-0.2, 0) is 6.42 Å². The fraction of sp³-hybridized carbons (Fsp3) is 0.364. The summed E-state index contributed by atoms with van der Waals surface area (Å²) in [5.41, 5.74) is 2.37. The van der Waals surface area contributed by atoms with Crippen molar-refractivity contribution in [3.63, 3.8) is 0 Å². The molecule has 0 fully saturated rings. The molecule has 1 aromatic rings. The Hall–Kier alpha value is -1.03. The van der Waals surface area contributed by atoms with Gasteiger partial charge >= 0.3 is 6.09 Å². The first-order valence-electron chi connectivity index (χ1n) is 4.70. The van der Waals surface area contributed by atoms with Gasteiger partial charge < -0.3 is 10.0 Å². The van der Waals surface area contributed by atoms with Crippen molar-refractivity contribution in [2.45, 2.75) is 13.3 Å². The summed E-state index contributed by atoms with van der Waals surface area (Å²) in [4.78, 5) is 11.9. The number of amides is 1. The maximum atomic E-state index is 10.6. The van der Waals surface area contributed by atoms with Crippen LogP contribution in [0.1, 0.15) is 11.1 Å². The fourth-order valence-electron chi connectivity index (χ4n) is 1.29. The van der Waals surface area contributed by atoms with Gasteiger partial charge in [-0.15, -0.1) is 0 Å². The maximum absolute atomic E-state index is 10.6. The van der Waals surface area contributed by atoms with Crippen LogP contribution in [0.25, 0.3) is 0 Å². The van der Waals surface area contributed by atoms with Crippen LogP contribution in [0.5, 0.6) is 0 Å². The van der Waals surface area contributed by atoms with E-state index < -0.39 is 6.09 Å². The van der Waals surface area contributed by atoms with Gasteiger partial charge in [-0.25, -0.2) is 4.79 Å². The summed E-state index contributed by atoms with van der Waals surface area (Å²) in [6.07, 6.45) is -0.142. The van der Waals surface area contributed by atoms with Gasteiger partial charge in [0.2, 0.25) is 0 Å². The Bertz CT molecular complexity index is 366. The number of halogens is 1. The third-order valence-electron chi connectivity index (χ3n) is 2.35. The first-order valence-corrected chi connectivity index (χ1v) is 5.49. The Morgan fingerprint density at radius 3 is 2.80 bits per heavy atom. The molecule has 0 spiro atoms. The minimum atomic E-state index is -0.886. The molecule has 0 heterocycles. The molecule has 0 aliphatic carbocycles. The monoisotopic (exact) mass is 271 g/mol. The third kappa shape index (κ3) is 3.55. The first-order chi connectivity index (χ1) is 7.00. The zero-order valence-electron chi connectivity index (χ0n) is 8.83. The molecule has 0 saturated heterocycles. The van der Waals surface area contributed by atoms with E-state index in [1.54, 1.807) is 7.05 Å². The van der Waals surface area contributed by atoms with Gasteiger partial charge in [-0.1, -0.05) is 22.0 Å². The lowest BCUT2D eigenvalue weighted by Gasteiger charge is -2.13.